The third kappa shape index (κ3) is 3.97. The van der Waals surface area contributed by atoms with Gasteiger partial charge in [-0.15, -0.1) is 0 Å². The fourth-order valence-corrected chi connectivity index (χ4v) is 2.61. The first-order chi connectivity index (χ1) is 12.0. The van der Waals surface area contributed by atoms with Crippen molar-refractivity contribution in [2.24, 2.45) is 0 Å². The normalized spacial score (nSPS) is 14.5. The zero-order valence-electron chi connectivity index (χ0n) is 13.9. The number of hydrogen-bond donors (Lipinski definition) is 2. The fraction of sp³-hybridized carbons (Fsp3) is 0.263. The van der Waals surface area contributed by atoms with E-state index in [0.717, 1.165) is 11.3 Å². The van der Waals surface area contributed by atoms with Crippen LogP contribution in [0.5, 0.6) is 5.75 Å². The maximum absolute atomic E-state index is 12.2. The second kappa shape index (κ2) is 7.36. The second-order valence-electron chi connectivity index (χ2n) is 5.99. The molecule has 0 aromatic heterocycles. The van der Waals surface area contributed by atoms with Gasteiger partial charge in [-0.25, -0.2) is 0 Å². The van der Waals surface area contributed by atoms with Crippen molar-refractivity contribution in [3.63, 3.8) is 0 Å². The van der Waals surface area contributed by atoms with Gasteiger partial charge in [-0.05, 0) is 36.8 Å². The van der Waals surface area contributed by atoms with Crippen LogP contribution in [0.3, 0.4) is 0 Å². The van der Waals surface area contributed by atoms with E-state index >= 15 is 0 Å². The number of amides is 2. The van der Waals surface area contributed by atoms with Crippen LogP contribution in [0.25, 0.3) is 0 Å². The predicted molar refractivity (Wildman–Crippen MR) is 93.6 cm³/mol. The maximum atomic E-state index is 12.2. The molecular formula is C19H20N2O4. The van der Waals surface area contributed by atoms with Gasteiger partial charge in [0.05, 0.1) is 18.3 Å². The third-order valence-electron chi connectivity index (χ3n) is 3.92. The highest BCUT2D eigenvalue weighted by Crippen LogP contribution is 2.32. The average molecular weight is 340 g/mol. The number of ether oxygens (including phenoxy) is 1. The predicted octanol–water partition coefficient (Wildman–Crippen LogP) is 1.72. The summed E-state index contributed by atoms with van der Waals surface area (Å²) in [5, 5.41) is 11.9. The van der Waals surface area contributed by atoms with E-state index in [1.807, 2.05) is 36.4 Å². The molecular weight excluding hydrogens is 320 g/mol. The lowest BCUT2D eigenvalue weighted by Crippen LogP contribution is -2.38. The van der Waals surface area contributed by atoms with Crippen LogP contribution in [0.2, 0.25) is 0 Å². The van der Waals surface area contributed by atoms with Gasteiger partial charge >= 0.3 is 0 Å². The van der Waals surface area contributed by atoms with Crippen molar-refractivity contribution in [3.8, 4) is 5.75 Å². The quantitative estimate of drug-likeness (QED) is 0.869. The van der Waals surface area contributed by atoms with Gasteiger partial charge in [0.1, 0.15) is 5.75 Å². The lowest BCUT2D eigenvalue weighted by Gasteiger charge is -2.29. The molecule has 3 rings (SSSR count). The van der Waals surface area contributed by atoms with Gasteiger partial charge in [-0.1, -0.05) is 24.3 Å². The summed E-state index contributed by atoms with van der Waals surface area (Å²) in [6, 6.07) is 14.5. The van der Waals surface area contributed by atoms with Gasteiger partial charge < -0.3 is 20.1 Å². The smallest absolute Gasteiger partial charge is 0.265 e. The standard InChI is InChI=1S/C19H20N2O4/c1-13(22)10-20-19(24)15-8-6-14(7-9-15)11-21-16-4-2-3-5-17(16)25-12-18(21)23/h2-9,13,22H,10-12H2,1H3,(H,20,24). The largest absolute Gasteiger partial charge is 0.482 e. The van der Waals surface area contributed by atoms with Gasteiger partial charge in [0.2, 0.25) is 0 Å². The Morgan fingerprint density at radius 2 is 1.96 bits per heavy atom. The zero-order chi connectivity index (χ0) is 17.8. The van der Waals surface area contributed by atoms with E-state index in [4.69, 9.17) is 4.74 Å². The molecule has 130 valence electrons. The minimum Gasteiger partial charge on any atom is -0.482 e. The number of aliphatic hydroxyl groups excluding tert-OH is 1. The highest BCUT2D eigenvalue weighted by molar-refractivity contribution is 5.98. The van der Waals surface area contributed by atoms with E-state index in [2.05, 4.69) is 5.32 Å². The Bertz CT molecular complexity index is 771. The van der Waals surface area contributed by atoms with E-state index < -0.39 is 6.10 Å². The number of benzene rings is 2. The summed E-state index contributed by atoms with van der Waals surface area (Å²) in [5.41, 5.74) is 2.17. The Balaban J connectivity index is 1.71. The number of nitrogens with one attached hydrogen (secondary N) is 1. The van der Waals surface area contributed by atoms with Gasteiger partial charge in [0.25, 0.3) is 11.8 Å². The van der Waals surface area contributed by atoms with Crippen LogP contribution in [0.4, 0.5) is 5.69 Å². The summed E-state index contributed by atoms with van der Waals surface area (Å²) >= 11 is 0. The van der Waals surface area contributed by atoms with E-state index in [-0.39, 0.29) is 25.0 Å². The molecule has 2 amide bonds. The van der Waals surface area contributed by atoms with Crippen LogP contribution in [0.15, 0.2) is 48.5 Å². The van der Waals surface area contributed by atoms with Gasteiger partial charge in [-0.2, -0.15) is 0 Å². The van der Waals surface area contributed by atoms with Crippen molar-refractivity contribution in [1.82, 2.24) is 5.32 Å². The highest BCUT2D eigenvalue weighted by atomic mass is 16.5. The van der Waals surface area contributed by atoms with Crippen molar-refractivity contribution in [3.05, 3.63) is 59.7 Å². The zero-order valence-corrected chi connectivity index (χ0v) is 13.9. The summed E-state index contributed by atoms with van der Waals surface area (Å²) < 4.78 is 5.44. The summed E-state index contributed by atoms with van der Waals surface area (Å²) in [5.74, 6) is 0.355. The molecule has 2 N–H and O–H groups in total. The van der Waals surface area contributed by atoms with Crippen LogP contribution < -0.4 is 15.0 Å². The van der Waals surface area contributed by atoms with Crippen molar-refractivity contribution in [2.45, 2.75) is 19.6 Å². The van der Waals surface area contributed by atoms with Crippen molar-refractivity contribution in [2.75, 3.05) is 18.1 Å². The molecule has 0 aliphatic carbocycles. The van der Waals surface area contributed by atoms with E-state index in [1.54, 1.807) is 24.0 Å². The van der Waals surface area contributed by atoms with Crippen LogP contribution in [0, 0.1) is 0 Å². The number of nitrogens with zero attached hydrogens (tertiary/aromatic N) is 1. The number of carbonyl (C=O) groups excluding carboxylic acids is 2. The van der Waals surface area contributed by atoms with Crippen LogP contribution >= 0.6 is 0 Å². The number of hydrogen-bond acceptors (Lipinski definition) is 4. The summed E-state index contributed by atoms with van der Waals surface area (Å²) in [4.78, 5) is 25.8. The molecule has 6 nitrogen and oxygen atoms in total. The molecule has 2 aromatic rings. The lowest BCUT2D eigenvalue weighted by atomic mass is 10.1. The number of anilines is 1. The molecule has 0 bridgehead atoms. The summed E-state index contributed by atoms with van der Waals surface area (Å²) in [6.45, 7) is 2.26. The highest BCUT2D eigenvalue weighted by Gasteiger charge is 2.25. The first-order valence-electron chi connectivity index (χ1n) is 8.12. The molecule has 1 aliphatic rings. The first kappa shape index (κ1) is 17.0. The molecule has 1 unspecified atom stereocenters. The number of rotatable bonds is 5. The first-order valence-corrected chi connectivity index (χ1v) is 8.12. The summed E-state index contributed by atoms with van der Waals surface area (Å²) in [6.07, 6.45) is -0.587. The molecule has 1 heterocycles. The third-order valence-corrected chi connectivity index (χ3v) is 3.92. The molecule has 0 radical (unpaired) electrons. The number of para-hydroxylation sites is 2. The second-order valence-corrected chi connectivity index (χ2v) is 5.99. The van der Waals surface area contributed by atoms with E-state index in [0.29, 0.717) is 17.9 Å². The van der Waals surface area contributed by atoms with Gasteiger partial charge in [0.15, 0.2) is 6.61 Å². The molecule has 25 heavy (non-hydrogen) atoms. The SMILES string of the molecule is CC(O)CNC(=O)c1ccc(CN2C(=O)COc3ccccc32)cc1. The molecule has 1 aliphatic heterocycles. The summed E-state index contributed by atoms with van der Waals surface area (Å²) in [7, 11) is 0. The van der Waals surface area contributed by atoms with Crippen molar-refractivity contribution in [1.29, 1.82) is 0 Å². The maximum Gasteiger partial charge on any atom is 0.265 e. The monoisotopic (exact) mass is 340 g/mol. The Kier molecular flexibility index (Phi) is 5.00. The minimum absolute atomic E-state index is 0.0246. The number of aliphatic hydroxyl groups is 1. The average Bonchev–Trinajstić information content (AvgIpc) is 2.62. The lowest BCUT2D eigenvalue weighted by molar-refractivity contribution is -0.121. The molecule has 0 fully saturated rings. The van der Waals surface area contributed by atoms with Crippen molar-refractivity contribution >= 4 is 17.5 Å². The Hall–Kier alpha value is -2.86. The van der Waals surface area contributed by atoms with Crippen LogP contribution in [-0.4, -0.2) is 36.2 Å². The van der Waals surface area contributed by atoms with E-state index in [1.165, 1.54) is 0 Å². The molecule has 0 saturated carbocycles. The minimum atomic E-state index is -0.587. The van der Waals surface area contributed by atoms with Crippen LogP contribution in [-0.2, 0) is 11.3 Å². The molecule has 2 aromatic carbocycles. The van der Waals surface area contributed by atoms with Crippen LogP contribution in [0.1, 0.15) is 22.8 Å². The topological polar surface area (TPSA) is 78.9 Å². The molecule has 0 spiro atoms. The van der Waals surface area contributed by atoms with Gasteiger partial charge in [0, 0.05) is 12.1 Å². The molecule has 1 atom stereocenters. The molecule has 0 saturated heterocycles. The Morgan fingerprint density at radius 1 is 1.24 bits per heavy atom. The molecule has 6 heteroatoms. The Morgan fingerprint density at radius 3 is 2.68 bits per heavy atom. The Labute approximate surface area is 146 Å². The fourth-order valence-electron chi connectivity index (χ4n) is 2.61. The van der Waals surface area contributed by atoms with Crippen molar-refractivity contribution < 1.29 is 19.4 Å². The van der Waals surface area contributed by atoms with Gasteiger partial charge in [-0.3, -0.25) is 9.59 Å². The van der Waals surface area contributed by atoms with E-state index in [9.17, 15) is 14.7 Å². The number of fused-ring (bicyclic) bond motifs is 1. The number of carbonyl (C=O) groups is 2.